The summed E-state index contributed by atoms with van der Waals surface area (Å²) in [6, 6.07) is 0. The third-order valence-corrected chi connectivity index (χ3v) is 1.97. The molecule has 1 heterocycles. The largest absolute Gasteiger partial charge is 0.396 e. The van der Waals surface area contributed by atoms with Crippen LogP contribution >= 0.6 is 0 Å². The molecular weight excluding hydrogens is 180 g/mol. The molecule has 0 amide bonds. The van der Waals surface area contributed by atoms with E-state index in [1.54, 1.807) is 12.4 Å². The number of hydrogen-bond donors (Lipinski definition) is 2. The summed E-state index contributed by atoms with van der Waals surface area (Å²) in [7, 11) is 0. The number of nitrogens with zero attached hydrogens (tertiary/aromatic N) is 3. The lowest BCUT2D eigenvalue weighted by Gasteiger charge is -2.21. The first kappa shape index (κ1) is 10.7. The van der Waals surface area contributed by atoms with E-state index in [0.29, 0.717) is 18.1 Å². The van der Waals surface area contributed by atoms with Crippen molar-refractivity contribution in [1.29, 1.82) is 0 Å². The molecule has 0 aromatic carbocycles. The fourth-order valence-electron chi connectivity index (χ4n) is 1.26. The van der Waals surface area contributed by atoms with Gasteiger partial charge in [-0.1, -0.05) is 0 Å². The standard InChI is InChI=1S/C9H16N4O/c1-2-13(6-3-7-14)9-8(10)11-4-5-12-9/h4-5,14H,2-3,6-7H2,1H3,(H2,10,11). The van der Waals surface area contributed by atoms with Crippen LogP contribution in [0.1, 0.15) is 13.3 Å². The van der Waals surface area contributed by atoms with Crippen LogP contribution in [0.15, 0.2) is 12.4 Å². The van der Waals surface area contributed by atoms with Gasteiger partial charge in [-0.15, -0.1) is 0 Å². The molecule has 0 spiro atoms. The zero-order valence-electron chi connectivity index (χ0n) is 8.35. The van der Waals surface area contributed by atoms with Crippen molar-refractivity contribution in [1.82, 2.24) is 9.97 Å². The smallest absolute Gasteiger partial charge is 0.171 e. The monoisotopic (exact) mass is 196 g/mol. The number of aliphatic hydroxyl groups excluding tert-OH is 1. The van der Waals surface area contributed by atoms with Crippen LogP contribution in [-0.2, 0) is 0 Å². The summed E-state index contributed by atoms with van der Waals surface area (Å²) in [6.07, 6.45) is 3.90. The number of anilines is 2. The van der Waals surface area contributed by atoms with Gasteiger partial charge in [-0.25, -0.2) is 9.97 Å². The van der Waals surface area contributed by atoms with E-state index in [4.69, 9.17) is 10.8 Å². The second kappa shape index (κ2) is 5.39. The van der Waals surface area contributed by atoms with Gasteiger partial charge in [-0.05, 0) is 13.3 Å². The molecule has 1 rings (SSSR count). The van der Waals surface area contributed by atoms with E-state index in [9.17, 15) is 0 Å². The number of hydrogen-bond acceptors (Lipinski definition) is 5. The minimum absolute atomic E-state index is 0.177. The van der Waals surface area contributed by atoms with Gasteiger partial charge in [0.15, 0.2) is 11.6 Å². The highest BCUT2D eigenvalue weighted by atomic mass is 16.3. The molecule has 14 heavy (non-hydrogen) atoms. The molecule has 0 aliphatic heterocycles. The molecule has 3 N–H and O–H groups in total. The summed E-state index contributed by atoms with van der Waals surface area (Å²) in [4.78, 5) is 10.1. The van der Waals surface area contributed by atoms with Crippen LogP contribution in [0.2, 0.25) is 0 Å². The van der Waals surface area contributed by atoms with Gasteiger partial charge in [0.1, 0.15) is 0 Å². The molecule has 0 atom stereocenters. The topological polar surface area (TPSA) is 75.3 Å². The molecule has 0 bridgehead atoms. The number of aromatic nitrogens is 2. The molecule has 5 nitrogen and oxygen atoms in total. The lowest BCUT2D eigenvalue weighted by atomic mass is 10.4. The Hall–Kier alpha value is -1.36. The van der Waals surface area contributed by atoms with Crippen molar-refractivity contribution in [3.05, 3.63) is 12.4 Å². The summed E-state index contributed by atoms with van der Waals surface area (Å²) in [5.41, 5.74) is 5.69. The van der Waals surface area contributed by atoms with Gasteiger partial charge >= 0.3 is 0 Å². The minimum Gasteiger partial charge on any atom is -0.396 e. The number of rotatable bonds is 5. The van der Waals surface area contributed by atoms with Gasteiger partial charge in [-0.2, -0.15) is 0 Å². The zero-order chi connectivity index (χ0) is 10.4. The molecule has 78 valence electrons. The van der Waals surface area contributed by atoms with Gasteiger partial charge in [0.25, 0.3) is 0 Å². The van der Waals surface area contributed by atoms with Crippen molar-refractivity contribution < 1.29 is 5.11 Å². The highest BCUT2D eigenvalue weighted by Gasteiger charge is 2.08. The van der Waals surface area contributed by atoms with Crippen LogP contribution in [0.3, 0.4) is 0 Å². The van der Waals surface area contributed by atoms with Gasteiger partial charge in [-0.3, -0.25) is 0 Å². The second-order valence-electron chi connectivity index (χ2n) is 2.92. The number of nitrogens with two attached hydrogens (primary N) is 1. The van der Waals surface area contributed by atoms with Crippen molar-refractivity contribution >= 4 is 11.6 Å². The molecule has 0 radical (unpaired) electrons. The van der Waals surface area contributed by atoms with Crippen molar-refractivity contribution in [2.24, 2.45) is 0 Å². The maximum absolute atomic E-state index is 8.73. The van der Waals surface area contributed by atoms with Crippen LogP contribution in [-0.4, -0.2) is 34.8 Å². The molecule has 5 heteroatoms. The summed E-state index contributed by atoms with van der Waals surface area (Å²) < 4.78 is 0. The van der Waals surface area contributed by atoms with E-state index in [-0.39, 0.29) is 6.61 Å². The molecule has 1 aromatic rings. The highest BCUT2D eigenvalue weighted by Crippen LogP contribution is 2.16. The Kier molecular flexibility index (Phi) is 4.12. The fourth-order valence-corrected chi connectivity index (χ4v) is 1.26. The van der Waals surface area contributed by atoms with Crippen molar-refractivity contribution in [2.75, 3.05) is 30.3 Å². The Balaban J connectivity index is 2.73. The first-order valence-electron chi connectivity index (χ1n) is 4.72. The van der Waals surface area contributed by atoms with Crippen LogP contribution in [0.5, 0.6) is 0 Å². The maximum Gasteiger partial charge on any atom is 0.171 e. The molecule has 0 saturated carbocycles. The average Bonchev–Trinajstić information content (AvgIpc) is 2.21. The third kappa shape index (κ3) is 2.56. The SMILES string of the molecule is CCN(CCCO)c1nccnc1N. The molecule has 0 unspecified atom stereocenters. The summed E-state index contributed by atoms with van der Waals surface area (Å²) in [5.74, 6) is 1.13. The summed E-state index contributed by atoms with van der Waals surface area (Å²) >= 11 is 0. The second-order valence-corrected chi connectivity index (χ2v) is 2.92. The van der Waals surface area contributed by atoms with Crippen molar-refractivity contribution in [2.45, 2.75) is 13.3 Å². The minimum atomic E-state index is 0.177. The lowest BCUT2D eigenvalue weighted by Crippen LogP contribution is -2.26. The summed E-state index contributed by atoms with van der Waals surface area (Å²) in [5, 5.41) is 8.73. The normalized spacial score (nSPS) is 10.1. The van der Waals surface area contributed by atoms with Crippen molar-refractivity contribution in [3.63, 3.8) is 0 Å². The lowest BCUT2D eigenvalue weighted by molar-refractivity contribution is 0.289. The van der Waals surface area contributed by atoms with Gasteiger partial charge in [0, 0.05) is 32.1 Å². The van der Waals surface area contributed by atoms with Crippen molar-refractivity contribution in [3.8, 4) is 0 Å². The van der Waals surface area contributed by atoms with Crippen LogP contribution < -0.4 is 10.6 Å². The van der Waals surface area contributed by atoms with E-state index in [2.05, 4.69) is 9.97 Å². The predicted octanol–water partition coefficient (Wildman–Crippen LogP) is 0.268. The first-order chi connectivity index (χ1) is 6.79. The van der Waals surface area contributed by atoms with Gasteiger partial charge in [0.05, 0.1) is 0 Å². The Bertz CT molecular complexity index is 279. The van der Waals surface area contributed by atoms with Crippen LogP contribution in [0.25, 0.3) is 0 Å². The Morgan fingerprint density at radius 3 is 2.71 bits per heavy atom. The van der Waals surface area contributed by atoms with E-state index < -0.39 is 0 Å². The summed E-state index contributed by atoms with van der Waals surface area (Å²) in [6.45, 7) is 3.75. The Morgan fingerprint density at radius 1 is 1.43 bits per heavy atom. The quantitative estimate of drug-likeness (QED) is 0.707. The van der Waals surface area contributed by atoms with Crippen LogP contribution in [0, 0.1) is 0 Å². The molecular formula is C9H16N4O. The first-order valence-corrected chi connectivity index (χ1v) is 4.72. The average molecular weight is 196 g/mol. The van der Waals surface area contributed by atoms with E-state index in [1.807, 2.05) is 11.8 Å². The molecule has 0 saturated heterocycles. The predicted molar refractivity (Wildman–Crippen MR) is 56.0 cm³/mol. The van der Waals surface area contributed by atoms with E-state index in [1.165, 1.54) is 0 Å². The molecule has 0 aliphatic rings. The third-order valence-electron chi connectivity index (χ3n) is 1.97. The van der Waals surface area contributed by atoms with E-state index in [0.717, 1.165) is 13.1 Å². The zero-order valence-corrected chi connectivity index (χ0v) is 8.35. The molecule has 1 aromatic heterocycles. The Labute approximate surface area is 83.6 Å². The fraction of sp³-hybridized carbons (Fsp3) is 0.556. The van der Waals surface area contributed by atoms with Gasteiger partial charge in [0.2, 0.25) is 0 Å². The molecule has 0 fully saturated rings. The van der Waals surface area contributed by atoms with E-state index >= 15 is 0 Å². The van der Waals surface area contributed by atoms with Gasteiger partial charge < -0.3 is 15.7 Å². The Morgan fingerprint density at radius 2 is 2.14 bits per heavy atom. The molecule has 0 aliphatic carbocycles. The van der Waals surface area contributed by atoms with Crippen LogP contribution in [0.4, 0.5) is 11.6 Å². The highest BCUT2D eigenvalue weighted by molar-refractivity contribution is 5.56. The number of aliphatic hydroxyl groups is 1. The maximum atomic E-state index is 8.73. The number of nitrogen functional groups attached to an aromatic ring is 1.